The Morgan fingerprint density at radius 2 is 1.92 bits per heavy atom. The van der Waals surface area contributed by atoms with Gasteiger partial charge in [0.25, 0.3) is 0 Å². The number of hydrogen-bond acceptors (Lipinski definition) is 3. The van der Waals surface area contributed by atoms with Crippen LogP contribution in [0.5, 0.6) is 0 Å². The maximum absolute atomic E-state index is 11.4. The lowest BCUT2D eigenvalue weighted by molar-refractivity contribution is -0.142. The molecule has 0 amide bonds. The second kappa shape index (κ2) is 11.7. The fourth-order valence-electron chi connectivity index (χ4n) is 3.25. The van der Waals surface area contributed by atoms with E-state index in [2.05, 4.69) is 24.0 Å². The number of carbonyl (C=O) groups is 1. The van der Waals surface area contributed by atoms with E-state index in [1.165, 1.54) is 11.1 Å². The Bertz CT molecular complexity index is 499. The number of carboxylic acid groups (broad SMARTS) is 1. The van der Waals surface area contributed by atoms with Gasteiger partial charge >= 0.3 is 5.97 Å². The first kappa shape index (κ1) is 23.2. The van der Waals surface area contributed by atoms with Gasteiger partial charge in [-0.1, -0.05) is 44.0 Å². The van der Waals surface area contributed by atoms with Gasteiger partial charge in [0.15, 0.2) is 0 Å². The van der Waals surface area contributed by atoms with Crippen molar-refractivity contribution in [1.82, 2.24) is 4.90 Å². The topological polar surface area (TPSA) is 60.8 Å². The largest absolute Gasteiger partial charge is 0.481 e. The Morgan fingerprint density at radius 3 is 2.50 bits per heavy atom. The molecule has 0 spiro atoms. The van der Waals surface area contributed by atoms with Crippen LogP contribution in [0.4, 0.5) is 0 Å². The number of halogens is 2. The molecule has 0 radical (unpaired) electrons. The molecule has 2 N–H and O–H groups in total. The van der Waals surface area contributed by atoms with Crippen molar-refractivity contribution >= 4 is 30.8 Å². The third kappa shape index (κ3) is 6.25. The Labute approximate surface area is 157 Å². The Balaban J connectivity index is 0.00000264. The molecule has 1 heterocycles. The number of aliphatic hydroxyl groups excluding tert-OH is 1. The third-order valence-corrected chi connectivity index (χ3v) is 4.69. The van der Waals surface area contributed by atoms with Gasteiger partial charge in [-0.2, -0.15) is 0 Å². The van der Waals surface area contributed by atoms with Gasteiger partial charge < -0.3 is 10.2 Å². The molecular formula is C18H29Cl2NO3. The molecule has 2 rings (SSSR count). The van der Waals surface area contributed by atoms with Gasteiger partial charge in [0, 0.05) is 12.6 Å². The molecule has 1 aliphatic heterocycles. The lowest BCUT2D eigenvalue weighted by atomic mass is 9.92. The fourth-order valence-corrected chi connectivity index (χ4v) is 3.25. The molecule has 0 bridgehead atoms. The predicted molar refractivity (Wildman–Crippen MR) is 101 cm³/mol. The second-order valence-corrected chi connectivity index (χ2v) is 6.25. The molecule has 1 unspecified atom stereocenters. The Kier molecular flexibility index (Phi) is 11.3. The average Bonchev–Trinajstić information content (AvgIpc) is 2.53. The fraction of sp³-hybridized carbons (Fsp3) is 0.611. The number of unbranched alkanes of at least 4 members (excludes halogenated alkanes) is 1. The average molecular weight is 378 g/mol. The van der Waals surface area contributed by atoms with Gasteiger partial charge in [-0.15, -0.1) is 24.8 Å². The van der Waals surface area contributed by atoms with Gasteiger partial charge in [-0.25, -0.2) is 0 Å². The molecule has 1 aliphatic rings. The van der Waals surface area contributed by atoms with Gasteiger partial charge in [-0.3, -0.25) is 9.69 Å². The van der Waals surface area contributed by atoms with Crippen molar-refractivity contribution in [2.45, 2.75) is 51.6 Å². The summed E-state index contributed by atoms with van der Waals surface area (Å²) in [5.74, 6) is -0.956. The third-order valence-electron chi connectivity index (χ3n) is 4.69. The lowest BCUT2D eigenvalue weighted by Gasteiger charge is -2.36. The highest BCUT2D eigenvalue weighted by molar-refractivity contribution is 5.85. The number of benzene rings is 1. The zero-order chi connectivity index (χ0) is 15.9. The molecule has 0 aromatic heterocycles. The SMILES string of the molecule is CCCCC(CCN1Cc2ccccc2C[C@H]1CO)C(=O)O.Cl.Cl. The summed E-state index contributed by atoms with van der Waals surface area (Å²) in [7, 11) is 0. The molecule has 24 heavy (non-hydrogen) atoms. The number of aliphatic hydroxyl groups is 1. The molecular weight excluding hydrogens is 349 g/mol. The first-order valence-electron chi connectivity index (χ1n) is 8.30. The molecule has 1 aromatic rings. The highest BCUT2D eigenvalue weighted by Crippen LogP contribution is 2.24. The van der Waals surface area contributed by atoms with E-state index in [0.717, 1.165) is 38.8 Å². The van der Waals surface area contributed by atoms with Gasteiger partial charge in [0.05, 0.1) is 12.5 Å². The van der Waals surface area contributed by atoms with Crippen molar-refractivity contribution in [2.24, 2.45) is 5.92 Å². The van der Waals surface area contributed by atoms with E-state index in [9.17, 15) is 15.0 Å². The minimum absolute atomic E-state index is 0. The van der Waals surface area contributed by atoms with Gasteiger partial charge in [-0.05, 0) is 36.9 Å². The molecule has 0 fully saturated rings. The standard InChI is InChI=1S/C18H27NO3.2ClH/c1-2-3-6-14(18(21)22)9-10-19-12-16-8-5-4-7-15(16)11-17(19)13-20;;/h4-5,7-8,14,17,20H,2-3,6,9-13H2,1H3,(H,21,22);2*1H/t14?,17-;;/m0../s1. The normalized spacial score (nSPS) is 18.0. The van der Waals surface area contributed by atoms with Crippen LogP contribution in [0.3, 0.4) is 0 Å². The number of hydrogen-bond donors (Lipinski definition) is 2. The number of nitrogens with zero attached hydrogens (tertiary/aromatic N) is 1. The summed E-state index contributed by atoms with van der Waals surface area (Å²) in [6.45, 7) is 3.76. The van der Waals surface area contributed by atoms with Crippen LogP contribution in [0.1, 0.15) is 43.7 Å². The van der Waals surface area contributed by atoms with Crippen molar-refractivity contribution in [1.29, 1.82) is 0 Å². The molecule has 6 heteroatoms. The van der Waals surface area contributed by atoms with E-state index in [-0.39, 0.29) is 43.4 Å². The number of fused-ring (bicyclic) bond motifs is 1. The van der Waals surface area contributed by atoms with Crippen molar-refractivity contribution < 1.29 is 15.0 Å². The molecule has 2 atom stereocenters. The van der Waals surface area contributed by atoms with E-state index < -0.39 is 5.97 Å². The van der Waals surface area contributed by atoms with E-state index in [1.807, 2.05) is 12.1 Å². The summed E-state index contributed by atoms with van der Waals surface area (Å²) in [5, 5.41) is 19.0. The van der Waals surface area contributed by atoms with Crippen molar-refractivity contribution in [3.63, 3.8) is 0 Å². The first-order valence-corrected chi connectivity index (χ1v) is 8.30. The van der Waals surface area contributed by atoms with Crippen LogP contribution in [0.25, 0.3) is 0 Å². The molecule has 0 aliphatic carbocycles. The number of carboxylic acids is 1. The van der Waals surface area contributed by atoms with Crippen LogP contribution >= 0.6 is 24.8 Å². The molecule has 0 saturated carbocycles. The highest BCUT2D eigenvalue weighted by Gasteiger charge is 2.26. The van der Waals surface area contributed by atoms with Crippen LogP contribution in [0, 0.1) is 5.92 Å². The monoisotopic (exact) mass is 377 g/mol. The molecule has 0 saturated heterocycles. The first-order chi connectivity index (χ1) is 10.7. The molecule has 138 valence electrons. The van der Waals surface area contributed by atoms with Crippen molar-refractivity contribution in [2.75, 3.05) is 13.2 Å². The van der Waals surface area contributed by atoms with E-state index in [0.29, 0.717) is 6.42 Å². The van der Waals surface area contributed by atoms with Crippen molar-refractivity contribution in [3.8, 4) is 0 Å². The summed E-state index contributed by atoms with van der Waals surface area (Å²) in [6.07, 6.45) is 4.25. The maximum atomic E-state index is 11.4. The zero-order valence-corrected chi connectivity index (χ0v) is 15.8. The minimum atomic E-state index is -0.689. The highest BCUT2D eigenvalue weighted by atomic mass is 35.5. The van der Waals surface area contributed by atoms with Crippen molar-refractivity contribution in [3.05, 3.63) is 35.4 Å². The zero-order valence-electron chi connectivity index (χ0n) is 14.2. The summed E-state index contributed by atoms with van der Waals surface area (Å²) in [4.78, 5) is 13.6. The van der Waals surface area contributed by atoms with Crippen LogP contribution in [-0.4, -0.2) is 40.3 Å². The molecule has 1 aromatic carbocycles. The van der Waals surface area contributed by atoms with Crippen LogP contribution in [0.15, 0.2) is 24.3 Å². The summed E-state index contributed by atoms with van der Waals surface area (Å²) in [6, 6.07) is 8.43. The number of aliphatic carboxylic acids is 1. The van der Waals surface area contributed by atoms with Crippen LogP contribution in [0.2, 0.25) is 0 Å². The van der Waals surface area contributed by atoms with Crippen LogP contribution < -0.4 is 0 Å². The maximum Gasteiger partial charge on any atom is 0.306 e. The summed E-state index contributed by atoms with van der Waals surface area (Å²) in [5.41, 5.74) is 2.60. The van der Waals surface area contributed by atoms with Gasteiger partial charge in [0.1, 0.15) is 0 Å². The van der Waals surface area contributed by atoms with E-state index in [1.54, 1.807) is 0 Å². The second-order valence-electron chi connectivity index (χ2n) is 6.25. The predicted octanol–water partition coefficient (Wildman–Crippen LogP) is 3.53. The van der Waals surface area contributed by atoms with Gasteiger partial charge in [0.2, 0.25) is 0 Å². The minimum Gasteiger partial charge on any atom is -0.481 e. The summed E-state index contributed by atoms with van der Waals surface area (Å²) < 4.78 is 0. The van der Waals surface area contributed by atoms with E-state index >= 15 is 0 Å². The van der Waals surface area contributed by atoms with E-state index in [4.69, 9.17) is 0 Å². The Morgan fingerprint density at radius 1 is 1.25 bits per heavy atom. The lowest BCUT2D eigenvalue weighted by Crippen LogP contribution is -2.43. The quantitative estimate of drug-likeness (QED) is 0.727. The Hall–Kier alpha value is -0.810. The van der Waals surface area contributed by atoms with Crippen LogP contribution in [-0.2, 0) is 17.8 Å². The summed E-state index contributed by atoms with van der Waals surface area (Å²) >= 11 is 0. The smallest absolute Gasteiger partial charge is 0.306 e. The number of rotatable bonds is 8. The molecule has 4 nitrogen and oxygen atoms in total.